The Morgan fingerprint density at radius 1 is 1.13 bits per heavy atom. The van der Waals surface area contributed by atoms with Crippen LogP contribution in [-0.4, -0.2) is 47.9 Å². The van der Waals surface area contributed by atoms with E-state index in [0.717, 1.165) is 26.2 Å². The molecular weight excluding hydrogens is 292 g/mol. The second-order valence-electron chi connectivity index (χ2n) is 5.74. The molecule has 2 heterocycles. The molecule has 6 nitrogen and oxygen atoms in total. The zero-order valence-electron chi connectivity index (χ0n) is 13.3. The van der Waals surface area contributed by atoms with Crippen LogP contribution in [0.15, 0.2) is 35.1 Å². The summed E-state index contributed by atoms with van der Waals surface area (Å²) in [6.45, 7) is 5.20. The molecule has 0 unspecified atom stereocenters. The summed E-state index contributed by atoms with van der Waals surface area (Å²) in [5, 5.41) is 9.03. The third-order valence-corrected chi connectivity index (χ3v) is 4.27. The Labute approximate surface area is 135 Å². The number of hydrogen-bond donors (Lipinski definition) is 2. The molecule has 1 saturated heterocycles. The van der Waals surface area contributed by atoms with Gasteiger partial charge in [-0.3, -0.25) is 9.78 Å². The molecule has 0 aliphatic carbocycles. The first kappa shape index (κ1) is 15.6. The third kappa shape index (κ3) is 3.37. The molecule has 2 N–H and O–H groups in total. The van der Waals surface area contributed by atoms with Crippen molar-refractivity contribution >= 4 is 11.6 Å². The molecule has 0 bridgehead atoms. The number of para-hydroxylation sites is 1. The number of H-pyrrole nitrogens is 1. The van der Waals surface area contributed by atoms with Gasteiger partial charge in [0.05, 0.1) is 5.69 Å². The van der Waals surface area contributed by atoms with Crippen molar-refractivity contribution in [2.75, 3.05) is 42.6 Å². The van der Waals surface area contributed by atoms with E-state index in [1.807, 2.05) is 25.1 Å². The normalized spacial score (nSPS) is 15.0. The summed E-state index contributed by atoms with van der Waals surface area (Å²) in [6.07, 6.45) is 0.343. The van der Waals surface area contributed by atoms with Crippen LogP contribution in [0.4, 0.5) is 11.6 Å². The summed E-state index contributed by atoms with van der Waals surface area (Å²) in [4.78, 5) is 23.9. The second-order valence-corrected chi connectivity index (χ2v) is 5.74. The van der Waals surface area contributed by atoms with Crippen molar-refractivity contribution in [3.05, 3.63) is 51.9 Å². The number of piperazine rings is 1. The van der Waals surface area contributed by atoms with Crippen molar-refractivity contribution in [2.45, 2.75) is 13.3 Å². The molecule has 0 spiro atoms. The Morgan fingerprint density at radius 2 is 1.78 bits per heavy atom. The largest absolute Gasteiger partial charge is 0.396 e. The lowest BCUT2D eigenvalue weighted by Crippen LogP contribution is -2.47. The zero-order valence-corrected chi connectivity index (χ0v) is 13.3. The first-order chi connectivity index (χ1) is 11.2. The van der Waals surface area contributed by atoms with Crippen molar-refractivity contribution in [3.8, 4) is 0 Å². The zero-order chi connectivity index (χ0) is 16.2. The number of nitrogens with zero attached hydrogens (tertiary/aromatic N) is 3. The van der Waals surface area contributed by atoms with E-state index in [-0.39, 0.29) is 12.2 Å². The average Bonchev–Trinajstić information content (AvgIpc) is 2.59. The van der Waals surface area contributed by atoms with E-state index in [0.29, 0.717) is 23.6 Å². The fraction of sp³-hybridized carbons (Fsp3) is 0.412. The van der Waals surface area contributed by atoms with Gasteiger partial charge in [0.1, 0.15) is 0 Å². The molecule has 0 amide bonds. The SMILES string of the molecule is Cc1nc(N2CCN(c3ccccc3)CC2)[nH]c(=O)c1CCO. The lowest BCUT2D eigenvalue weighted by Gasteiger charge is -2.36. The fourth-order valence-corrected chi connectivity index (χ4v) is 2.97. The topological polar surface area (TPSA) is 72.5 Å². The standard InChI is InChI=1S/C17H22N4O2/c1-13-15(7-12-22)16(23)19-17(18-13)21-10-8-20(9-11-21)14-5-3-2-4-6-14/h2-6,22H,7-12H2,1H3,(H,18,19,23). The summed E-state index contributed by atoms with van der Waals surface area (Å²) < 4.78 is 0. The second kappa shape index (κ2) is 6.83. The molecule has 1 aliphatic heterocycles. The molecule has 3 rings (SSSR count). The predicted octanol–water partition coefficient (Wildman–Crippen LogP) is 0.940. The molecule has 1 fully saturated rings. The Hall–Kier alpha value is -2.34. The van der Waals surface area contributed by atoms with Crippen LogP contribution in [0.3, 0.4) is 0 Å². The highest BCUT2D eigenvalue weighted by Gasteiger charge is 2.20. The van der Waals surface area contributed by atoms with Crippen molar-refractivity contribution in [2.24, 2.45) is 0 Å². The maximum absolute atomic E-state index is 12.1. The number of benzene rings is 1. The molecule has 2 aromatic rings. The first-order valence-corrected chi connectivity index (χ1v) is 7.94. The fourth-order valence-electron chi connectivity index (χ4n) is 2.97. The lowest BCUT2D eigenvalue weighted by molar-refractivity contribution is 0.298. The predicted molar refractivity (Wildman–Crippen MR) is 91.3 cm³/mol. The van der Waals surface area contributed by atoms with Crippen LogP contribution in [0.25, 0.3) is 0 Å². The number of anilines is 2. The summed E-state index contributed by atoms with van der Waals surface area (Å²) in [6, 6.07) is 10.3. The van der Waals surface area contributed by atoms with Gasteiger partial charge in [-0.15, -0.1) is 0 Å². The number of aliphatic hydroxyl groups excluding tert-OH is 1. The maximum atomic E-state index is 12.1. The minimum Gasteiger partial charge on any atom is -0.396 e. The van der Waals surface area contributed by atoms with E-state index >= 15 is 0 Å². The van der Waals surface area contributed by atoms with Gasteiger partial charge < -0.3 is 14.9 Å². The molecule has 1 aromatic carbocycles. The van der Waals surface area contributed by atoms with Gasteiger partial charge >= 0.3 is 0 Å². The van der Waals surface area contributed by atoms with Crippen LogP contribution < -0.4 is 15.4 Å². The molecular formula is C17H22N4O2. The quantitative estimate of drug-likeness (QED) is 0.879. The van der Waals surface area contributed by atoms with E-state index in [2.05, 4.69) is 31.9 Å². The number of hydrogen-bond acceptors (Lipinski definition) is 5. The van der Waals surface area contributed by atoms with Gasteiger partial charge in [-0.25, -0.2) is 4.98 Å². The van der Waals surface area contributed by atoms with Gasteiger partial charge in [-0.2, -0.15) is 0 Å². The highest BCUT2D eigenvalue weighted by Crippen LogP contribution is 2.17. The van der Waals surface area contributed by atoms with Gasteiger partial charge in [0.2, 0.25) is 5.95 Å². The number of rotatable bonds is 4. The van der Waals surface area contributed by atoms with Crippen LogP contribution in [0.5, 0.6) is 0 Å². The van der Waals surface area contributed by atoms with Crippen molar-refractivity contribution in [1.82, 2.24) is 9.97 Å². The van der Waals surface area contributed by atoms with Gasteiger partial charge in [0.25, 0.3) is 5.56 Å². The van der Waals surface area contributed by atoms with Crippen molar-refractivity contribution < 1.29 is 5.11 Å². The molecule has 6 heteroatoms. The minimum atomic E-state index is -0.146. The summed E-state index contributed by atoms with van der Waals surface area (Å²) >= 11 is 0. The van der Waals surface area contributed by atoms with Crippen molar-refractivity contribution in [1.29, 1.82) is 0 Å². The van der Waals surface area contributed by atoms with E-state index in [1.165, 1.54) is 5.69 Å². The molecule has 1 aromatic heterocycles. The number of nitrogens with one attached hydrogen (secondary N) is 1. The lowest BCUT2D eigenvalue weighted by atomic mass is 10.2. The number of aryl methyl sites for hydroxylation is 1. The van der Waals surface area contributed by atoms with Crippen molar-refractivity contribution in [3.63, 3.8) is 0 Å². The Balaban J connectivity index is 1.72. The van der Waals surface area contributed by atoms with Gasteiger partial charge in [-0.05, 0) is 19.1 Å². The Kier molecular flexibility index (Phi) is 4.62. The Bertz CT molecular complexity index is 706. The highest BCUT2D eigenvalue weighted by molar-refractivity contribution is 5.48. The van der Waals surface area contributed by atoms with E-state index in [9.17, 15) is 4.79 Å². The van der Waals surface area contributed by atoms with Crippen LogP contribution in [0, 0.1) is 6.92 Å². The molecule has 0 saturated carbocycles. The van der Waals surface area contributed by atoms with Crippen LogP contribution in [0.2, 0.25) is 0 Å². The van der Waals surface area contributed by atoms with Gasteiger partial charge in [0, 0.05) is 50.5 Å². The molecule has 1 aliphatic rings. The third-order valence-electron chi connectivity index (χ3n) is 4.27. The summed E-state index contributed by atoms with van der Waals surface area (Å²) in [7, 11) is 0. The van der Waals surface area contributed by atoms with Gasteiger partial charge in [-0.1, -0.05) is 18.2 Å². The molecule has 122 valence electrons. The monoisotopic (exact) mass is 314 g/mol. The van der Waals surface area contributed by atoms with E-state index < -0.39 is 0 Å². The smallest absolute Gasteiger partial charge is 0.255 e. The number of aliphatic hydroxyl groups is 1. The highest BCUT2D eigenvalue weighted by atomic mass is 16.3. The summed E-state index contributed by atoms with van der Waals surface area (Å²) in [5.41, 5.74) is 2.34. The number of aromatic nitrogens is 2. The molecule has 0 atom stereocenters. The maximum Gasteiger partial charge on any atom is 0.255 e. The molecule has 0 radical (unpaired) electrons. The molecule has 23 heavy (non-hydrogen) atoms. The Morgan fingerprint density at radius 3 is 2.39 bits per heavy atom. The first-order valence-electron chi connectivity index (χ1n) is 7.94. The average molecular weight is 314 g/mol. The van der Waals surface area contributed by atoms with E-state index in [4.69, 9.17) is 5.11 Å². The minimum absolute atomic E-state index is 0.0410. The van der Waals surface area contributed by atoms with Crippen LogP contribution >= 0.6 is 0 Å². The summed E-state index contributed by atoms with van der Waals surface area (Å²) in [5.74, 6) is 0.627. The van der Waals surface area contributed by atoms with Crippen LogP contribution in [-0.2, 0) is 6.42 Å². The number of aromatic amines is 1. The van der Waals surface area contributed by atoms with Gasteiger partial charge in [0.15, 0.2) is 0 Å². The van der Waals surface area contributed by atoms with E-state index in [1.54, 1.807) is 0 Å². The van der Waals surface area contributed by atoms with Crippen LogP contribution in [0.1, 0.15) is 11.3 Å².